The van der Waals surface area contributed by atoms with Crippen molar-refractivity contribution >= 4 is 58.4 Å². The number of carbonyl (C=O) groups is 8. The van der Waals surface area contributed by atoms with Crippen LogP contribution in [0.1, 0.15) is 59.5 Å². The van der Waals surface area contributed by atoms with Crippen LogP contribution in [0.4, 0.5) is 18.0 Å². The third-order valence-electron chi connectivity index (χ3n) is 13.9. The Morgan fingerprint density at radius 2 is 1.17 bits per heavy atom. The van der Waals surface area contributed by atoms with Crippen molar-refractivity contribution in [3.63, 3.8) is 0 Å². The van der Waals surface area contributed by atoms with Crippen LogP contribution in [-0.2, 0) is 64.2 Å². The van der Waals surface area contributed by atoms with E-state index in [4.69, 9.17) is 30.8 Å². The number of alkyl halides is 3. The molecule has 8 rings (SSSR count). The molecule has 7 amide bonds. The lowest BCUT2D eigenvalue weighted by atomic mass is 9.99. The van der Waals surface area contributed by atoms with Crippen LogP contribution in [0.5, 0.6) is 5.75 Å². The van der Waals surface area contributed by atoms with Gasteiger partial charge in [-0.3, -0.25) is 28.8 Å². The molecule has 0 saturated carbocycles. The predicted molar refractivity (Wildman–Crippen MR) is 302 cm³/mol. The van der Waals surface area contributed by atoms with Gasteiger partial charge in [0.1, 0.15) is 54.7 Å². The first-order valence-corrected chi connectivity index (χ1v) is 27.3. The number of nitrogens with zero attached hydrogens (tertiary/aromatic N) is 1. The van der Waals surface area contributed by atoms with Crippen LogP contribution in [0.2, 0.25) is 0 Å². The average molecular weight is 1160 g/mol. The van der Waals surface area contributed by atoms with Crippen molar-refractivity contribution in [2.24, 2.45) is 11.5 Å². The van der Waals surface area contributed by atoms with Crippen molar-refractivity contribution < 1.29 is 66.1 Å². The van der Waals surface area contributed by atoms with Crippen molar-refractivity contribution in [2.45, 2.75) is 100 Å². The number of nitrogens with two attached hydrogens (primary N) is 2. The molecule has 2 aliphatic heterocycles. The predicted octanol–water partition coefficient (Wildman–Crippen LogP) is 4.00. The van der Waals surface area contributed by atoms with Gasteiger partial charge in [-0.1, -0.05) is 121 Å². The molecule has 0 aliphatic carbocycles. The van der Waals surface area contributed by atoms with Gasteiger partial charge < -0.3 is 67.8 Å². The topological polar surface area (TPSA) is 318 Å². The van der Waals surface area contributed by atoms with Gasteiger partial charge in [-0.05, 0) is 71.8 Å². The summed E-state index contributed by atoms with van der Waals surface area (Å²) in [5, 5.41) is 25.0. The van der Waals surface area contributed by atoms with Crippen molar-refractivity contribution in [1.29, 1.82) is 0 Å². The van der Waals surface area contributed by atoms with E-state index in [-0.39, 0.29) is 51.7 Å². The molecule has 1 aromatic heterocycles. The smallest absolute Gasteiger partial charge is 0.489 e. The normalized spacial score (nSPS) is 20.7. The number of para-hydroxylation sites is 1. The second kappa shape index (κ2) is 30.1. The maximum absolute atomic E-state index is 15.3. The second-order valence-electron chi connectivity index (χ2n) is 20.0. The summed E-state index contributed by atoms with van der Waals surface area (Å²) < 4.78 is 43.5. The number of benzene rings is 5. The van der Waals surface area contributed by atoms with Gasteiger partial charge >= 0.3 is 18.2 Å². The summed E-state index contributed by atoms with van der Waals surface area (Å²) in [6, 6.07) is 33.6. The molecule has 2 aliphatic rings. The highest BCUT2D eigenvalue weighted by molar-refractivity contribution is 5.99. The summed E-state index contributed by atoms with van der Waals surface area (Å²) in [6.07, 6.45) is -4.43. The number of fused-ring (bicyclic) bond motifs is 2. The Labute approximate surface area is 481 Å². The molecule has 21 nitrogen and oxygen atoms in total. The molecule has 7 atom stereocenters. The van der Waals surface area contributed by atoms with Gasteiger partial charge in [0.2, 0.25) is 35.4 Å². The van der Waals surface area contributed by atoms with E-state index in [9.17, 15) is 37.1 Å². The van der Waals surface area contributed by atoms with Gasteiger partial charge in [-0.25, -0.2) is 9.59 Å². The highest BCUT2D eigenvalue weighted by Gasteiger charge is 2.45. The number of amides is 7. The number of carbonyl (C=O) groups excluding carboxylic acids is 7. The molecule has 5 aromatic carbocycles. The van der Waals surface area contributed by atoms with E-state index in [2.05, 4.69) is 36.9 Å². The van der Waals surface area contributed by atoms with Crippen LogP contribution < -0.4 is 48.1 Å². The Balaban J connectivity index is 0.00000136. The zero-order valence-electron chi connectivity index (χ0n) is 45.6. The highest BCUT2D eigenvalue weighted by Crippen LogP contribution is 2.26. The van der Waals surface area contributed by atoms with E-state index in [0.29, 0.717) is 54.0 Å². The number of alkyl carbamates (subject to hydrolysis) is 1. The Morgan fingerprint density at radius 3 is 1.81 bits per heavy atom. The summed E-state index contributed by atoms with van der Waals surface area (Å²) in [4.78, 5) is 116. The van der Waals surface area contributed by atoms with E-state index in [1.54, 1.807) is 85.1 Å². The number of aromatic amines is 1. The minimum atomic E-state index is -5.08. The molecule has 2 saturated heterocycles. The molecule has 0 spiro atoms. The van der Waals surface area contributed by atoms with E-state index >= 15 is 9.59 Å². The number of unbranched alkanes of at least 4 members (excludes halogenated alkanes) is 1. The Bertz CT molecular complexity index is 3190. The number of aromatic nitrogens is 1. The maximum atomic E-state index is 15.3. The van der Waals surface area contributed by atoms with Gasteiger partial charge in [0, 0.05) is 55.9 Å². The van der Waals surface area contributed by atoms with Crippen LogP contribution in [0.15, 0.2) is 146 Å². The van der Waals surface area contributed by atoms with Crippen molar-refractivity contribution in [1.82, 2.24) is 41.8 Å². The molecule has 0 radical (unpaired) electrons. The zero-order chi connectivity index (χ0) is 60.2. The van der Waals surface area contributed by atoms with Gasteiger partial charge in [0.25, 0.3) is 0 Å². The molecule has 12 N–H and O–H groups in total. The molecule has 2 fully saturated rings. The number of rotatable bonds is 17. The first-order chi connectivity index (χ1) is 40.4. The number of halogens is 3. The van der Waals surface area contributed by atoms with E-state index in [1.807, 2.05) is 60.7 Å². The van der Waals surface area contributed by atoms with E-state index in [0.717, 1.165) is 16.5 Å². The van der Waals surface area contributed by atoms with Gasteiger partial charge in [-0.2, -0.15) is 13.2 Å². The van der Waals surface area contributed by atoms with Crippen molar-refractivity contribution in [2.75, 3.05) is 26.2 Å². The number of H-pyrrole nitrogens is 1. The number of hydrogen-bond acceptors (Lipinski definition) is 12. The van der Waals surface area contributed by atoms with Crippen LogP contribution >= 0.6 is 0 Å². The van der Waals surface area contributed by atoms with Crippen molar-refractivity contribution in [3.8, 4) is 5.75 Å². The Morgan fingerprint density at radius 1 is 0.619 bits per heavy atom. The minimum absolute atomic E-state index is 0.0385. The van der Waals surface area contributed by atoms with E-state index < -0.39 is 96.0 Å². The molecule has 3 heterocycles. The number of carboxylic acid groups (broad SMARTS) is 1. The molecule has 6 aromatic rings. The number of aliphatic carboxylic acids is 1. The standard InChI is InChI=1S/C58H66N10O9.C2HF3O2/c59-27-13-12-22-46-52(69)64-47(30-38-23-25-42(26-24-38)76-36-39-16-6-2-7-17-39)53(70)66-49(31-37-14-4-1-5-15-37)57(74)68-35-43(77-58(75)61-29-28-60)33-50(68)55(72)67-51(40-18-8-3-9-19-40)56(73)65-48(54(71)63-46)32-41-34-62-45-21-11-10-20-44(41)45;3-2(4,5)1(6)7/h1-11,14-21,23-26,34,43,46-51,62H,12-13,22,27-33,35-36,59-60H2,(H,61,75)(H,63,71)(H,64,69)(H,65,73)(H,66,70)(H,67,72);(H,6,7)/t43?,46-,47-,48+,49-,50-,51+;/m0./s1. The first-order valence-electron chi connectivity index (χ1n) is 27.3. The van der Waals surface area contributed by atoms with Crippen LogP contribution in [-0.4, -0.2) is 131 Å². The lowest BCUT2D eigenvalue weighted by Gasteiger charge is -2.32. The van der Waals surface area contributed by atoms with E-state index in [1.165, 1.54) is 4.90 Å². The number of nitrogens with one attached hydrogen (secondary N) is 7. The summed E-state index contributed by atoms with van der Waals surface area (Å²) >= 11 is 0. The fourth-order valence-corrected chi connectivity index (χ4v) is 9.65. The minimum Gasteiger partial charge on any atom is -0.489 e. The van der Waals surface area contributed by atoms with Gasteiger partial charge in [0.05, 0.1) is 6.54 Å². The lowest BCUT2D eigenvalue weighted by Crippen LogP contribution is -2.61. The quantitative estimate of drug-likeness (QED) is 0.0579. The molecular formula is C60H67F3N10O11. The third kappa shape index (κ3) is 17.9. The monoisotopic (exact) mass is 1160 g/mol. The fourth-order valence-electron chi connectivity index (χ4n) is 9.65. The maximum Gasteiger partial charge on any atom is 0.490 e. The lowest BCUT2D eigenvalue weighted by molar-refractivity contribution is -0.192. The second-order valence-corrected chi connectivity index (χ2v) is 20.0. The third-order valence-corrected chi connectivity index (χ3v) is 13.9. The molecule has 0 bridgehead atoms. The molecule has 84 heavy (non-hydrogen) atoms. The summed E-state index contributed by atoms with van der Waals surface area (Å²) in [5.74, 6) is -6.52. The molecule has 1 unspecified atom stereocenters. The van der Waals surface area contributed by atoms with Gasteiger partial charge in [-0.15, -0.1) is 0 Å². The Kier molecular flexibility index (Phi) is 22.4. The fraction of sp³-hybridized carbons (Fsp3) is 0.333. The molecular weight excluding hydrogens is 1090 g/mol. The Hall–Kier alpha value is -9.29. The van der Waals surface area contributed by atoms with Crippen LogP contribution in [0.25, 0.3) is 10.9 Å². The first kappa shape index (κ1) is 62.3. The molecule has 444 valence electrons. The number of hydrogen-bond donors (Lipinski definition) is 10. The van der Waals surface area contributed by atoms with Crippen molar-refractivity contribution in [3.05, 3.63) is 174 Å². The highest BCUT2D eigenvalue weighted by atomic mass is 19.4. The molecule has 24 heteroatoms. The number of ether oxygens (including phenoxy) is 2. The summed E-state index contributed by atoms with van der Waals surface area (Å²) in [5.41, 5.74) is 15.7. The van der Waals surface area contributed by atoms with Gasteiger partial charge in [0.15, 0.2) is 0 Å². The van der Waals surface area contributed by atoms with Crippen LogP contribution in [0.3, 0.4) is 0 Å². The SMILES string of the molecule is NCCCC[C@@H]1NC(=O)[C@@H](Cc2c[nH]c3ccccc23)NC(=O)[C@@H](c2ccccc2)NC(=O)[C@@H]2CC(OC(=O)NCCN)CN2C(=O)[C@H](Cc2ccccc2)NC(=O)[C@H](Cc2ccc(OCc3ccccc3)cc2)NC1=O.O=C(O)C(F)(F)F. The van der Waals surface area contributed by atoms with Crippen LogP contribution in [0, 0.1) is 0 Å². The summed E-state index contributed by atoms with van der Waals surface area (Å²) in [7, 11) is 0. The largest absolute Gasteiger partial charge is 0.490 e. The zero-order valence-corrected chi connectivity index (χ0v) is 45.6. The average Bonchev–Trinajstić information content (AvgIpc) is 4.33. The number of carboxylic acids is 1. The summed E-state index contributed by atoms with van der Waals surface area (Å²) in [6.45, 7) is 0.617.